The van der Waals surface area contributed by atoms with E-state index in [9.17, 15) is 18.0 Å². The first-order valence-electron chi connectivity index (χ1n) is 10.9. The van der Waals surface area contributed by atoms with Gasteiger partial charge in [0.05, 0.1) is 17.7 Å². The molecule has 0 saturated carbocycles. The highest BCUT2D eigenvalue weighted by Gasteiger charge is 2.26. The zero-order chi connectivity index (χ0) is 26.0. The summed E-state index contributed by atoms with van der Waals surface area (Å²) in [5.74, 6) is -0.702. The Kier molecular flexibility index (Phi) is 9.74. The number of primary amides is 1. The van der Waals surface area contributed by atoms with Crippen LogP contribution < -0.4 is 15.9 Å². The molecular formula is C25H25BrN4O5S. The van der Waals surface area contributed by atoms with Gasteiger partial charge in [0, 0.05) is 11.0 Å². The van der Waals surface area contributed by atoms with Crippen LogP contribution in [0.2, 0.25) is 0 Å². The van der Waals surface area contributed by atoms with Crippen molar-refractivity contribution in [3.63, 3.8) is 0 Å². The van der Waals surface area contributed by atoms with Crippen LogP contribution in [-0.4, -0.2) is 50.4 Å². The van der Waals surface area contributed by atoms with Crippen LogP contribution in [0.15, 0.2) is 93.3 Å². The zero-order valence-corrected chi connectivity index (χ0v) is 21.6. The Morgan fingerprint density at radius 3 is 2.31 bits per heavy atom. The molecule has 0 aromatic heterocycles. The molecule has 0 aliphatic carbocycles. The van der Waals surface area contributed by atoms with Gasteiger partial charge in [-0.1, -0.05) is 46.3 Å². The Balaban J connectivity index is 1.66. The highest BCUT2D eigenvalue weighted by Crippen LogP contribution is 2.19. The number of benzene rings is 3. The maximum Gasteiger partial charge on any atom is 0.255 e. The summed E-state index contributed by atoms with van der Waals surface area (Å²) in [5, 5.41) is 3.92. The zero-order valence-electron chi connectivity index (χ0n) is 19.2. The van der Waals surface area contributed by atoms with Gasteiger partial charge in [0.1, 0.15) is 5.75 Å². The van der Waals surface area contributed by atoms with Crippen LogP contribution in [0.3, 0.4) is 0 Å². The Hall–Kier alpha value is -3.54. The number of amides is 2. The van der Waals surface area contributed by atoms with E-state index in [2.05, 4.69) is 26.5 Å². The lowest BCUT2D eigenvalue weighted by atomic mass is 10.1. The van der Waals surface area contributed by atoms with E-state index in [1.807, 2.05) is 30.3 Å². The average Bonchev–Trinajstić information content (AvgIpc) is 2.87. The molecule has 0 aliphatic rings. The molecule has 0 saturated heterocycles. The summed E-state index contributed by atoms with van der Waals surface area (Å²) < 4.78 is 33.6. The number of nitrogens with one attached hydrogen (secondary N) is 1. The van der Waals surface area contributed by atoms with Gasteiger partial charge in [-0.15, -0.1) is 0 Å². The number of hydrogen-bond donors (Lipinski definition) is 2. The number of nitrogens with zero attached hydrogens (tertiary/aromatic N) is 2. The smallest absolute Gasteiger partial charge is 0.255 e. The standard InChI is InChI=1S/C25H25BrN4O5S/c26-21-8-12-23(13-9-21)36(33,34)30(15-14-19-4-2-1-3-5-19)17-25(32)29-28-16-20-6-10-22(11-7-20)35-18-24(27)31/h1-13,16H,14-15,17-18H2,(H2,27,31)(H,29,32)/b28-16+. The number of sulfonamides is 1. The summed E-state index contributed by atoms with van der Waals surface area (Å²) >= 11 is 3.30. The van der Waals surface area contributed by atoms with E-state index in [-0.39, 0.29) is 18.0 Å². The predicted octanol–water partition coefficient (Wildman–Crippen LogP) is 2.70. The third-order valence-corrected chi connectivity index (χ3v) is 7.32. The number of ether oxygens (including phenoxy) is 1. The number of carbonyl (C=O) groups excluding carboxylic acids is 2. The molecule has 2 amide bonds. The van der Waals surface area contributed by atoms with Gasteiger partial charge in [-0.2, -0.15) is 9.41 Å². The maximum atomic E-state index is 13.3. The molecule has 0 bridgehead atoms. The molecule has 36 heavy (non-hydrogen) atoms. The lowest BCUT2D eigenvalue weighted by Crippen LogP contribution is -2.40. The van der Waals surface area contributed by atoms with Crippen molar-refractivity contribution in [1.29, 1.82) is 0 Å². The largest absolute Gasteiger partial charge is 0.484 e. The SMILES string of the molecule is NC(=O)COc1ccc(/C=N/NC(=O)CN(CCc2ccccc2)S(=O)(=O)c2ccc(Br)cc2)cc1. The Morgan fingerprint density at radius 2 is 1.67 bits per heavy atom. The number of hydrazone groups is 1. The monoisotopic (exact) mass is 572 g/mol. The van der Waals surface area contributed by atoms with Crippen molar-refractivity contribution in [2.24, 2.45) is 10.8 Å². The van der Waals surface area contributed by atoms with Gasteiger partial charge in [0.2, 0.25) is 10.0 Å². The Morgan fingerprint density at radius 1 is 1.00 bits per heavy atom. The van der Waals surface area contributed by atoms with Gasteiger partial charge >= 0.3 is 0 Å². The number of carbonyl (C=O) groups is 2. The summed E-state index contributed by atoms with van der Waals surface area (Å²) in [6, 6.07) is 22.3. The second-order valence-electron chi connectivity index (χ2n) is 7.65. The van der Waals surface area contributed by atoms with E-state index in [0.717, 1.165) is 14.3 Å². The molecule has 3 aromatic rings. The third kappa shape index (κ3) is 8.29. The van der Waals surface area contributed by atoms with Crippen molar-refractivity contribution in [2.75, 3.05) is 19.7 Å². The van der Waals surface area contributed by atoms with E-state index in [4.69, 9.17) is 10.5 Å². The van der Waals surface area contributed by atoms with Crippen molar-refractivity contribution >= 4 is 44.0 Å². The molecule has 3 N–H and O–H groups in total. The van der Waals surface area contributed by atoms with Crippen LogP contribution in [0.5, 0.6) is 5.75 Å². The molecule has 3 rings (SSSR count). The molecule has 188 valence electrons. The van der Waals surface area contributed by atoms with Gasteiger partial charge < -0.3 is 10.5 Å². The minimum atomic E-state index is -3.92. The fourth-order valence-corrected chi connectivity index (χ4v) is 4.78. The fraction of sp³-hybridized carbons (Fsp3) is 0.160. The Labute approximate surface area is 218 Å². The van der Waals surface area contributed by atoms with Crippen molar-refractivity contribution in [1.82, 2.24) is 9.73 Å². The van der Waals surface area contributed by atoms with Crippen molar-refractivity contribution in [3.8, 4) is 5.75 Å². The lowest BCUT2D eigenvalue weighted by molar-refractivity contribution is -0.121. The summed E-state index contributed by atoms with van der Waals surface area (Å²) in [7, 11) is -3.92. The van der Waals surface area contributed by atoms with Gasteiger partial charge in [0.15, 0.2) is 6.61 Å². The highest BCUT2D eigenvalue weighted by atomic mass is 79.9. The molecular weight excluding hydrogens is 548 g/mol. The molecule has 0 heterocycles. The molecule has 3 aromatic carbocycles. The van der Waals surface area contributed by atoms with E-state index in [1.165, 1.54) is 18.3 Å². The second-order valence-corrected chi connectivity index (χ2v) is 10.5. The summed E-state index contributed by atoms with van der Waals surface area (Å²) in [6.07, 6.45) is 1.85. The topological polar surface area (TPSA) is 131 Å². The third-order valence-electron chi connectivity index (χ3n) is 4.93. The van der Waals surface area contributed by atoms with Crippen LogP contribution in [0, 0.1) is 0 Å². The molecule has 0 fully saturated rings. The highest BCUT2D eigenvalue weighted by molar-refractivity contribution is 9.10. The van der Waals surface area contributed by atoms with Gasteiger partial charge in [0.25, 0.3) is 11.8 Å². The number of halogens is 1. The number of nitrogens with two attached hydrogens (primary N) is 1. The van der Waals surface area contributed by atoms with Gasteiger partial charge in [-0.3, -0.25) is 9.59 Å². The van der Waals surface area contributed by atoms with Crippen LogP contribution in [-0.2, 0) is 26.0 Å². The van der Waals surface area contributed by atoms with E-state index in [0.29, 0.717) is 17.7 Å². The van der Waals surface area contributed by atoms with Crippen LogP contribution in [0.1, 0.15) is 11.1 Å². The van der Waals surface area contributed by atoms with Crippen LogP contribution in [0.25, 0.3) is 0 Å². The van der Waals surface area contributed by atoms with Gasteiger partial charge in [-0.25, -0.2) is 13.8 Å². The van der Waals surface area contributed by atoms with Crippen molar-refractivity contribution < 1.29 is 22.7 Å². The minimum Gasteiger partial charge on any atom is -0.484 e. The van der Waals surface area contributed by atoms with E-state index in [1.54, 1.807) is 36.4 Å². The average molecular weight is 573 g/mol. The first-order chi connectivity index (χ1) is 17.2. The normalized spacial score (nSPS) is 11.5. The number of hydrogen-bond acceptors (Lipinski definition) is 6. The van der Waals surface area contributed by atoms with Gasteiger partial charge in [-0.05, 0) is 66.1 Å². The fourth-order valence-electron chi connectivity index (χ4n) is 3.12. The van der Waals surface area contributed by atoms with Crippen LogP contribution >= 0.6 is 15.9 Å². The Bertz CT molecular complexity index is 1300. The van der Waals surface area contributed by atoms with Crippen LogP contribution in [0.4, 0.5) is 0 Å². The summed E-state index contributed by atoms with van der Waals surface area (Å²) in [4.78, 5) is 23.5. The lowest BCUT2D eigenvalue weighted by Gasteiger charge is -2.21. The minimum absolute atomic E-state index is 0.0914. The first kappa shape index (κ1) is 27.1. The molecule has 0 atom stereocenters. The van der Waals surface area contributed by atoms with Crippen molar-refractivity contribution in [2.45, 2.75) is 11.3 Å². The van der Waals surface area contributed by atoms with E-state index >= 15 is 0 Å². The number of rotatable bonds is 12. The predicted molar refractivity (Wildman–Crippen MR) is 140 cm³/mol. The summed E-state index contributed by atoms with van der Waals surface area (Å²) in [5.41, 5.74) is 9.03. The first-order valence-corrected chi connectivity index (χ1v) is 13.1. The maximum absolute atomic E-state index is 13.3. The second kappa shape index (κ2) is 13.0. The molecule has 0 unspecified atom stereocenters. The molecule has 0 spiro atoms. The molecule has 11 heteroatoms. The molecule has 9 nitrogen and oxygen atoms in total. The van der Waals surface area contributed by atoms with E-state index < -0.39 is 28.4 Å². The molecule has 0 aliphatic heterocycles. The summed E-state index contributed by atoms with van der Waals surface area (Å²) in [6.45, 7) is -0.512. The molecule has 0 radical (unpaired) electrons. The van der Waals surface area contributed by atoms with Crippen molar-refractivity contribution in [3.05, 3.63) is 94.5 Å². The quantitative estimate of drug-likeness (QED) is 0.254.